The van der Waals surface area contributed by atoms with Crippen LogP contribution in [0.15, 0.2) is 0 Å². The first-order chi connectivity index (χ1) is 3.18. The van der Waals surface area contributed by atoms with Gasteiger partial charge in [0.2, 0.25) is 5.91 Å². The number of amides is 1. The zero-order chi connectivity index (χ0) is 5.86. The zero-order valence-electron chi connectivity index (χ0n) is 4.01. The van der Waals surface area contributed by atoms with Crippen molar-refractivity contribution in [1.29, 1.82) is 0 Å². The Bertz CT molecular complexity index is 75.3. The van der Waals surface area contributed by atoms with Crippen LogP contribution in [0.3, 0.4) is 0 Å². The second kappa shape index (κ2) is 2.87. The molecule has 0 bridgehead atoms. The van der Waals surface area contributed by atoms with Crippen molar-refractivity contribution in [2.45, 2.75) is 5.37 Å². The molecular formula is C3H8N2OS. The van der Waals surface area contributed by atoms with Crippen molar-refractivity contribution >= 4 is 18.5 Å². The van der Waals surface area contributed by atoms with Crippen molar-refractivity contribution in [3.8, 4) is 0 Å². The second-order valence-electron chi connectivity index (χ2n) is 1.09. The summed E-state index contributed by atoms with van der Waals surface area (Å²) in [5.41, 5.74) is 4.77. The Hall–Kier alpha value is -0.220. The van der Waals surface area contributed by atoms with Crippen LogP contribution < -0.4 is 11.1 Å². The average Bonchev–Trinajstić information content (AvgIpc) is 1.65. The predicted molar refractivity (Wildman–Crippen MR) is 31.0 cm³/mol. The van der Waals surface area contributed by atoms with Gasteiger partial charge in [-0.25, -0.2) is 0 Å². The molecule has 0 aliphatic heterocycles. The maximum absolute atomic E-state index is 10.0. The molecule has 0 saturated heterocycles. The van der Waals surface area contributed by atoms with Gasteiger partial charge in [0, 0.05) is 0 Å². The maximum atomic E-state index is 10.0. The molecule has 0 aromatic carbocycles. The van der Waals surface area contributed by atoms with Gasteiger partial charge in [-0.3, -0.25) is 4.79 Å². The SMILES string of the molecule is CN[C@@H](S)C(N)=O. The van der Waals surface area contributed by atoms with Gasteiger partial charge >= 0.3 is 0 Å². The van der Waals surface area contributed by atoms with E-state index in [2.05, 4.69) is 17.9 Å². The molecule has 4 heteroatoms. The lowest BCUT2D eigenvalue weighted by molar-refractivity contribution is -0.117. The number of likely N-dealkylation sites (N-methyl/N-ethyl adjacent to an activating group) is 1. The Balaban J connectivity index is 3.34. The highest BCUT2D eigenvalue weighted by atomic mass is 32.1. The standard InChI is InChI=1S/C3H8N2OS/c1-5-3(7)2(4)6/h3,5,7H,1H3,(H2,4,6)/t3-/m0/s1. The van der Waals surface area contributed by atoms with E-state index in [0.717, 1.165) is 0 Å². The largest absolute Gasteiger partial charge is 0.368 e. The highest BCUT2D eigenvalue weighted by molar-refractivity contribution is 7.81. The normalized spacial score (nSPS) is 13.4. The topological polar surface area (TPSA) is 55.1 Å². The van der Waals surface area contributed by atoms with Gasteiger partial charge < -0.3 is 11.1 Å². The minimum Gasteiger partial charge on any atom is -0.368 e. The molecule has 0 radical (unpaired) electrons. The van der Waals surface area contributed by atoms with Gasteiger partial charge in [-0.2, -0.15) is 12.6 Å². The Labute approximate surface area is 47.7 Å². The van der Waals surface area contributed by atoms with Crippen LogP contribution in [0.5, 0.6) is 0 Å². The number of nitrogens with one attached hydrogen (secondary N) is 1. The zero-order valence-corrected chi connectivity index (χ0v) is 4.90. The lowest BCUT2D eigenvalue weighted by Gasteiger charge is -2.00. The molecule has 1 atom stereocenters. The number of hydrogen-bond acceptors (Lipinski definition) is 3. The summed E-state index contributed by atoms with van der Waals surface area (Å²) in [6.07, 6.45) is 0. The summed E-state index contributed by atoms with van der Waals surface area (Å²) in [6.45, 7) is 0. The molecule has 0 aliphatic carbocycles. The molecule has 0 fully saturated rings. The molecule has 0 heterocycles. The van der Waals surface area contributed by atoms with E-state index in [1.54, 1.807) is 7.05 Å². The van der Waals surface area contributed by atoms with Gasteiger partial charge in [-0.15, -0.1) is 0 Å². The average molecular weight is 120 g/mol. The summed E-state index contributed by atoms with van der Waals surface area (Å²) in [5, 5.41) is 2.04. The lowest BCUT2D eigenvalue weighted by atomic mass is 10.6. The van der Waals surface area contributed by atoms with E-state index < -0.39 is 11.3 Å². The number of hydrogen-bond donors (Lipinski definition) is 3. The smallest absolute Gasteiger partial charge is 0.244 e. The maximum Gasteiger partial charge on any atom is 0.244 e. The first-order valence-corrected chi connectivity index (χ1v) is 2.34. The molecule has 42 valence electrons. The van der Waals surface area contributed by atoms with Crippen molar-refractivity contribution in [2.75, 3.05) is 7.05 Å². The molecule has 0 saturated carbocycles. The fourth-order valence-corrected chi connectivity index (χ4v) is 0.142. The van der Waals surface area contributed by atoms with E-state index in [9.17, 15) is 4.79 Å². The van der Waals surface area contributed by atoms with E-state index >= 15 is 0 Å². The van der Waals surface area contributed by atoms with Crippen LogP contribution in [0.2, 0.25) is 0 Å². The van der Waals surface area contributed by atoms with Crippen molar-refractivity contribution < 1.29 is 4.79 Å². The molecule has 0 spiro atoms. The van der Waals surface area contributed by atoms with Gasteiger partial charge in [-0.05, 0) is 7.05 Å². The molecule has 0 aromatic rings. The van der Waals surface area contributed by atoms with Gasteiger partial charge in [0.15, 0.2) is 0 Å². The first-order valence-electron chi connectivity index (χ1n) is 1.83. The Kier molecular flexibility index (Phi) is 2.78. The quantitative estimate of drug-likeness (QED) is 0.321. The summed E-state index contributed by atoms with van der Waals surface area (Å²) in [4.78, 5) is 10.0. The number of primary amides is 1. The van der Waals surface area contributed by atoms with Gasteiger partial charge in [-0.1, -0.05) is 0 Å². The Morgan fingerprint density at radius 1 is 2.00 bits per heavy atom. The van der Waals surface area contributed by atoms with Crippen LogP contribution in [0, 0.1) is 0 Å². The van der Waals surface area contributed by atoms with Crippen LogP contribution in [0.1, 0.15) is 0 Å². The highest BCUT2D eigenvalue weighted by Crippen LogP contribution is 1.82. The third kappa shape index (κ3) is 2.47. The van der Waals surface area contributed by atoms with Crippen LogP contribution in [0.25, 0.3) is 0 Å². The van der Waals surface area contributed by atoms with Crippen LogP contribution in [-0.2, 0) is 4.79 Å². The molecule has 7 heavy (non-hydrogen) atoms. The Morgan fingerprint density at radius 3 is 2.43 bits per heavy atom. The predicted octanol–water partition coefficient (Wildman–Crippen LogP) is -1.05. The third-order valence-corrected chi connectivity index (χ3v) is 1.06. The number of carbonyl (C=O) groups excluding carboxylic acids is 1. The summed E-state index contributed by atoms with van der Waals surface area (Å²) >= 11 is 3.74. The van der Waals surface area contributed by atoms with Gasteiger partial charge in [0.25, 0.3) is 0 Å². The number of nitrogens with two attached hydrogens (primary N) is 1. The van der Waals surface area contributed by atoms with Crippen molar-refractivity contribution in [3.05, 3.63) is 0 Å². The van der Waals surface area contributed by atoms with E-state index in [0.29, 0.717) is 0 Å². The number of rotatable bonds is 2. The highest BCUT2D eigenvalue weighted by Gasteiger charge is 2.02. The van der Waals surface area contributed by atoms with Crippen molar-refractivity contribution in [2.24, 2.45) is 5.73 Å². The van der Waals surface area contributed by atoms with Crippen LogP contribution >= 0.6 is 12.6 Å². The molecule has 3 N–H and O–H groups in total. The third-order valence-electron chi connectivity index (χ3n) is 0.543. The first kappa shape index (κ1) is 6.78. The molecule has 0 rings (SSSR count). The summed E-state index contributed by atoms with van der Waals surface area (Å²) < 4.78 is 0. The molecular weight excluding hydrogens is 112 g/mol. The number of thiol groups is 1. The molecule has 1 amide bonds. The fraction of sp³-hybridized carbons (Fsp3) is 0.667. The summed E-state index contributed by atoms with van der Waals surface area (Å²) in [5.74, 6) is -0.453. The molecule has 3 nitrogen and oxygen atoms in total. The van der Waals surface area contributed by atoms with E-state index in [1.165, 1.54) is 0 Å². The minimum atomic E-state index is -0.514. The van der Waals surface area contributed by atoms with Crippen molar-refractivity contribution in [1.82, 2.24) is 5.32 Å². The number of carbonyl (C=O) groups is 1. The van der Waals surface area contributed by atoms with Crippen LogP contribution in [-0.4, -0.2) is 18.3 Å². The summed E-state index contributed by atoms with van der Waals surface area (Å²) in [7, 11) is 1.61. The second-order valence-corrected chi connectivity index (χ2v) is 1.61. The fourth-order valence-electron chi connectivity index (χ4n) is 0.142. The molecule has 0 aromatic heterocycles. The summed E-state index contributed by atoms with van der Waals surface area (Å²) in [6, 6.07) is 0. The monoisotopic (exact) mass is 120 g/mol. The Morgan fingerprint density at radius 2 is 2.43 bits per heavy atom. The van der Waals surface area contributed by atoms with Crippen LogP contribution in [0.4, 0.5) is 0 Å². The lowest BCUT2D eigenvalue weighted by Crippen LogP contribution is -2.34. The molecule has 0 aliphatic rings. The van der Waals surface area contributed by atoms with Crippen molar-refractivity contribution in [3.63, 3.8) is 0 Å². The minimum absolute atomic E-state index is 0.453. The van der Waals surface area contributed by atoms with Gasteiger partial charge in [0.1, 0.15) is 5.37 Å². The van der Waals surface area contributed by atoms with E-state index in [4.69, 9.17) is 5.73 Å². The molecule has 0 unspecified atom stereocenters. The van der Waals surface area contributed by atoms with E-state index in [1.807, 2.05) is 0 Å². The van der Waals surface area contributed by atoms with E-state index in [-0.39, 0.29) is 0 Å². The van der Waals surface area contributed by atoms with Gasteiger partial charge in [0.05, 0.1) is 0 Å².